The van der Waals surface area contributed by atoms with Crippen LogP contribution in [0.15, 0.2) is 0 Å². The van der Waals surface area contributed by atoms with Crippen molar-refractivity contribution in [3.8, 4) is 0 Å². The Morgan fingerprint density at radius 2 is 2.13 bits per heavy atom. The Morgan fingerprint density at radius 1 is 1.47 bits per heavy atom. The van der Waals surface area contributed by atoms with E-state index in [-0.39, 0.29) is 5.92 Å². The molecule has 0 aliphatic heterocycles. The zero-order chi connectivity index (χ0) is 11.4. The van der Waals surface area contributed by atoms with Crippen molar-refractivity contribution in [3.05, 3.63) is 17.0 Å². The fourth-order valence-electron chi connectivity index (χ4n) is 2.00. The van der Waals surface area contributed by atoms with E-state index in [0.717, 1.165) is 30.7 Å². The van der Waals surface area contributed by atoms with E-state index in [1.807, 2.05) is 20.8 Å². The van der Waals surface area contributed by atoms with Gasteiger partial charge in [0.2, 0.25) is 0 Å². The number of H-pyrrole nitrogens is 1. The summed E-state index contributed by atoms with van der Waals surface area (Å²) in [6, 6.07) is 0. The number of ketones is 1. The highest BCUT2D eigenvalue weighted by atomic mass is 16.1. The van der Waals surface area contributed by atoms with E-state index < -0.39 is 0 Å². The summed E-state index contributed by atoms with van der Waals surface area (Å²) in [5.41, 5.74) is 3.60. The van der Waals surface area contributed by atoms with Crippen LogP contribution in [0.4, 0.5) is 0 Å². The van der Waals surface area contributed by atoms with E-state index >= 15 is 0 Å². The molecule has 1 unspecified atom stereocenters. The molecule has 1 atom stereocenters. The molecule has 1 aromatic heterocycles. The normalized spacial score (nSPS) is 18.8. The van der Waals surface area contributed by atoms with Crippen LogP contribution in [-0.2, 0) is 17.6 Å². The first-order valence-electron chi connectivity index (χ1n) is 5.71. The molecule has 0 aromatic carbocycles. The molecule has 0 spiro atoms. The molecule has 3 heteroatoms. The summed E-state index contributed by atoms with van der Waals surface area (Å²) in [6.45, 7) is 7.72. The molecule has 2 rings (SSSR count). The zero-order valence-corrected chi connectivity index (χ0v) is 10.1. The molecule has 84 valence electrons. The van der Waals surface area contributed by atoms with Gasteiger partial charge in [-0.05, 0) is 32.3 Å². The van der Waals surface area contributed by atoms with Crippen molar-refractivity contribution in [2.45, 2.75) is 47.0 Å². The number of hydrogen-bond acceptors (Lipinski definition) is 2. The maximum Gasteiger partial charge on any atom is 0.133 e. The smallest absolute Gasteiger partial charge is 0.133 e. The lowest BCUT2D eigenvalue weighted by Gasteiger charge is -2.18. The van der Waals surface area contributed by atoms with Gasteiger partial charge in [0.15, 0.2) is 0 Å². The second-order valence-electron chi connectivity index (χ2n) is 3.82. The highest BCUT2D eigenvalue weighted by Gasteiger charge is 2.24. The number of nitrogens with zero attached hydrogens (tertiary/aromatic N) is 1. The molecule has 1 N–H and O–H groups in total. The number of rotatable bonds is 1. The maximum absolute atomic E-state index is 11.2. The minimum atomic E-state index is 0.204. The topological polar surface area (TPSA) is 45.8 Å². The van der Waals surface area contributed by atoms with Gasteiger partial charge in [0.1, 0.15) is 5.78 Å². The molecule has 1 aliphatic rings. The van der Waals surface area contributed by atoms with Gasteiger partial charge in [-0.25, -0.2) is 0 Å². The SMILES string of the molecule is CC.CC(=O)C1CCc2c(n[nH]c2C)C1. The highest BCUT2D eigenvalue weighted by molar-refractivity contribution is 5.78. The van der Waals surface area contributed by atoms with E-state index in [0.29, 0.717) is 5.78 Å². The van der Waals surface area contributed by atoms with Gasteiger partial charge in [-0.1, -0.05) is 13.8 Å². The minimum Gasteiger partial charge on any atom is -0.300 e. The zero-order valence-electron chi connectivity index (χ0n) is 10.1. The lowest BCUT2D eigenvalue weighted by molar-refractivity contribution is -0.121. The number of carbonyl (C=O) groups is 1. The Bertz CT molecular complexity index is 341. The van der Waals surface area contributed by atoms with Crippen molar-refractivity contribution < 1.29 is 4.79 Å². The van der Waals surface area contributed by atoms with Crippen LogP contribution >= 0.6 is 0 Å². The Kier molecular flexibility index (Phi) is 4.06. The molecule has 0 saturated heterocycles. The quantitative estimate of drug-likeness (QED) is 0.770. The lowest BCUT2D eigenvalue weighted by atomic mass is 9.85. The first-order valence-corrected chi connectivity index (χ1v) is 5.71. The van der Waals surface area contributed by atoms with E-state index in [1.54, 1.807) is 6.92 Å². The monoisotopic (exact) mass is 208 g/mol. The number of fused-ring (bicyclic) bond motifs is 1. The van der Waals surface area contributed by atoms with Crippen LogP contribution in [0.25, 0.3) is 0 Å². The number of carbonyl (C=O) groups excluding carboxylic acids is 1. The van der Waals surface area contributed by atoms with Crippen LogP contribution in [0.5, 0.6) is 0 Å². The van der Waals surface area contributed by atoms with Gasteiger partial charge in [-0.2, -0.15) is 5.10 Å². The molecule has 3 nitrogen and oxygen atoms in total. The molecular formula is C12H20N2O. The van der Waals surface area contributed by atoms with Gasteiger partial charge in [-0.3, -0.25) is 9.89 Å². The summed E-state index contributed by atoms with van der Waals surface area (Å²) in [7, 11) is 0. The molecule has 15 heavy (non-hydrogen) atoms. The van der Waals surface area contributed by atoms with Gasteiger partial charge in [0.05, 0.1) is 5.69 Å². The molecule has 0 radical (unpaired) electrons. The number of Topliss-reactive ketones (excluding diaryl/α,β-unsaturated/α-hetero) is 1. The van der Waals surface area contributed by atoms with Gasteiger partial charge in [0, 0.05) is 18.0 Å². The number of aromatic nitrogens is 2. The molecule has 1 aliphatic carbocycles. The Hall–Kier alpha value is -1.12. The van der Waals surface area contributed by atoms with Crippen LogP contribution in [0.1, 0.15) is 44.1 Å². The highest BCUT2D eigenvalue weighted by Crippen LogP contribution is 2.26. The van der Waals surface area contributed by atoms with Crippen LogP contribution in [0.2, 0.25) is 0 Å². The van der Waals surface area contributed by atoms with Crippen molar-refractivity contribution in [3.63, 3.8) is 0 Å². The lowest BCUT2D eigenvalue weighted by Crippen LogP contribution is -2.20. The average molecular weight is 208 g/mol. The Balaban J connectivity index is 0.000000531. The van der Waals surface area contributed by atoms with Crippen LogP contribution in [0.3, 0.4) is 0 Å². The summed E-state index contributed by atoms with van der Waals surface area (Å²) >= 11 is 0. The standard InChI is InChI=1S/C10H14N2O.C2H6/c1-6-9-4-3-8(7(2)13)5-10(9)12-11-6;1-2/h8H,3-5H2,1-2H3,(H,11,12);1-2H3. The number of nitrogens with one attached hydrogen (secondary N) is 1. The molecule has 0 fully saturated rings. The summed E-state index contributed by atoms with van der Waals surface area (Å²) in [5, 5.41) is 7.19. The minimum absolute atomic E-state index is 0.204. The summed E-state index contributed by atoms with van der Waals surface area (Å²) in [4.78, 5) is 11.2. The third kappa shape index (κ3) is 2.46. The van der Waals surface area contributed by atoms with Gasteiger partial charge in [0.25, 0.3) is 0 Å². The van der Waals surface area contributed by atoms with Crippen molar-refractivity contribution >= 4 is 5.78 Å². The number of aromatic amines is 1. The molecule has 0 saturated carbocycles. The average Bonchev–Trinajstić information content (AvgIpc) is 2.63. The first kappa shape index (κ1) is 12.0. The second-order valence-corrected chi connectivity index (χ2v) is 3.82. The largest absolute Gasteiger partial charge is 0.300 e. The van der Waals surface area contributed by atoms with E-state index in [2.05, 4.69) is 10.2 Å². The van der Waals surface area contributed by atoms with E-state index in [9.17, 15) is 4.79 Å². The predicted octanol–water partition coefficient (Wildman–Crippen LogP) is 2.44. The summed E-state index contributed by atoms with van der Waals surface area (Å²) in [5.74, 6) is 0.501. The van der Waals surface area contributed by atoms with Gasteiger partial charge < -0.3 is 0 Å². The maximum atomic E-state index is 11.2. The van der Waals surface area contributed by atoms with Crippen LogP contribution < -0.4 is 0 Å². The molecule has 0 bridgehead atoms. The van der Waals surface area contributed by atoms with Crippen molar-refractivity contribution in [2.75, 3.05) is 0 Å². The fourth-order valence-corrected chi connectivity index (χ4v) is 2.00. The molecule has 1 heterocycles. The number of aryl methyl sites for hydroxylation is 1. The van der Waals surface area contributed by atoms with Gasteiger partial charge in [-0.15, -0.1) is 0 Å². The third-order valence-electron chi connectivity index (χ3n) is 2.92. The fraction of sp³-hybridized carbons (Fsp3) is 0.667. The van der Waals surface area contributed by atoms with E-state index in [4.69, 9.17) is 0 Å². The second kappa shape index (κ2) is 5.10. The molecule has 0 amide bonds. The van der Waals surface area contributed by atoms with Crippen LogP contribution in [-0.4, -0.2) is 16.0 Å². The van der Waals surface area contributed by atoms with Crippen molar-refractivity contribution in [1.29, 1.82) is 0 Å². The number of hydrogen-bond donors (Lipinski definition) is 1. The molecule has 1 aromatic rings. The van der Waals surface area contributed by atoms with Crippen LogP contribution in [0, 0.1) is 12.8 Å². The van der Waals surface area contributed by atoms with Crippen molar-refractivity contribution in [1.82, 2.24) is 10.2 Å². The third-order valence-corrected chi connectivity index (χ3v) is 2.92. The van der Waals surface area contributed by atoms with Gasteiger partial charge >= 0.3 is 0 Å². The van der Waals surface area contributed by atoms with E-state index in [1.165, 1.54) is 5.56 Å². The predicted molar refractivity (Wildman–Crippen MR) is 60.9 cm³/mol. The van der Waals surface area contributed by atoms with Crippen molar-refractivity contribution in [2.24, 2.45) is 5.92 Å². The Labute approximate surface area is 91.3 Å². The summed E-state index contributed by atoms with van der Waals surface area (Å²) in [6.07, 6.45) is 2.82. The molecular weight excluding hydrogens is 188 g/mol. The summed E-state index contributed by atoms with van der Waals surface area (Å²) < 4.78 is 0. The Morgan fingerprint density at radius 3 is 2.73 bits per heavy atom. The first-order chi connectivity index (χ1) is 7.18.